The molecule has 0 atom stereocenters. The number of pyridine rings is 1. The molecular formula is C10H9BrN4O2S. The van der Waals surface area contributed by atoms with Crippen molar-refractivity contribution in [3.8, 4) is 0 Å². The standard InChI is InChI=1S/C10H9BrN4O2S/c11-6-1-2-8(16)15(3-6)4-7-5-18-10(13-7)9(17)14-12/h1-3,5H,4,12H2,(H,14,17). The number of nitrogen functional groups attached to an aromatic ring is 1. The minimum atomic E-state index is -0.437. The Morgan fingerprint density at radius 2 is 2.33 bits per heavy atom. The van der Waals surface area contributed by atoms with Crippen LogP contribution < -0.4 is 16.8 Å². The summed E-state index contributed by atoms with van der Waals surface area (Å²) in [5.41, 5.74) is 2.52. The van der Waals surface area contributed by atoms with Crippen molar-refractivity contribution in [1.29, 1.82) is 0 Å². The molecule has 2 aromatic heterocycles. The van der Waals surface area contributed by atoms with Gasteiger partial charge in [0.05, 0.1) is 12.2 Å². The fourth-order valence-electron chi connectivity index (χ4n) is 1.35. The lowest BCUT2D eigenvalue weighted by molar-refractivity contribution is 0.0953. The van der Waals surface area contributed by atoms with Crippen LogP contribution in [0.1, 0.15) is 15.5 Å². The number of rotatable bonds is 3. The van der Waals surface area contributed by atoms with E-state index < -0.39 is 5.91 Å². The molecule has 0 bridgehead atoms. The summed E-state index contributed by atoms with van der Waals surface area (Å²) < 4.78 is 2.31. The Hall–Kier alpha value is -1.51. The van der Waals surface area contributed by atoms with Crippen LogP contribution in [0, 0.1) is 0 Å². The van der Waals surface area contributed by atoms with E-state index in [9.17, 15) is 9.59 Å². The second-order valence-corrected chi connectivity index (χ2v) is 5.20. The Labute approximate surface area is 115 Å². The Balaban J connectivity index is 2.24. The molecule has 1 amide bonds. The van der Waals surface area contributed by atoms with Crippen molar-refractivity contribution in [2.45, 2.75) is 6.54 Å². The van der Waals surface area contributed by atoms with Gasteiger partial charge in [0.1, 0.15) is 0 Å². The van der Waals surface area contributed by atoms with E-state index in [-0.39, 0.29) is 10.6 Å². The lowest BCUT2D eigenvalue weighted by Crippen LogP contribution is -2.29. The molecule has 3 N–H and O–H groups in total. The zero-order valence-electron chi connectivity index (χ0n) is 9.09. The molecule has 0 saturated carbocycles. The molecule has 0 aliphatic rings. The van der Waals surface area contributed by atoms with Crippen LogP contribution >= 0.6 is 27.3 Å². The van der Waals surface area contributed by atoms with Gasteiger partial charge in [-0.1, -0.05) is 0 Å². The number of aromatic nitrogens is 2. The Morgan fingerprint density at radius 3 is 3.06 bits per heavy atom. The van der Waals surface area contributed by atoms with E-state index in [1.165, 1.54) is 22.0 Å². The Kier molecular flexibility index (Phi) is 3.90. The number of nitrogens with zero attached hydrogens (tertiary/aromatic N) is 2. The maximum atomic E-state index is 11.6. The van der Waals surface area contributed by atoms with E-state index in [1.807, 2.05) is 5.43 Å². The summed E-state index contributed by atoms with van der Waals surface area (Å²) in [7, 11) is 0. The third-order valence-corrected chi connectivity index (χ3v) is 3.52. The number of carbonyl (C=O) groups is 1. The number of thiazole rings is 1. The fraction of sp³-hybridized carbons (Fsp3) is 0.100. The lowest BCUT2D eigenvalue weighted by atomic mass is 10.4. The van der Waals surface area contributed by atoms with Crippen LogP contribution in [-0.2, 0) is 6.54 Å². The minimum absolute atomic E-state index is 0.129. The molecule has 0 fully saturated rings. The molecule has 0 unspecified atom stereocenters. The normalized spacial score (nSPS) is 10.3. The largest absolute Gasteiger partial charge is 0.308 e. The molecule has 2 rings (SSSR count). The van der Waals surface area contributed by atoms with E-state index in [2.05, 4.69) is 20.9 Å². The average molecular weight is 329 g/mol. The van der Waals surface area contributed by atoms with Gasteiger partial charge in [0.25, 0.3) is 11.5 Å². The zero-order valence-corrected chi connectivity index (χ0v) is 11.5. The predicted octanol–water partition coefficient (Wildman–Crippen LogP) is 0.719. The highest BCUT2D eigenvalue weighted by Gasteiger charge is 2.10. The summed E-state index contributed by atoms with van der Waals surface area (Å²) in [6.45, 7) is 0.312. The van der Waals surface area contributed by atoms with Gasteiger partial charge in [0.15, 0.2) is 5.01 Å². The molecule has 0 aromatic carbocycles. The third-order valence-electron chi connectivity index (χ3n) is 2.16. The van der Waals surface area contributed by atoms with Gasteiger partial charge in [0.2, 0.25) is 0 Å². The van der Waals surface area contributed by atoms with Crippen LogP contribution in [0.3, 0.4) is 0 Å². The third kappa shape index (κ3) is 2.84. The summed E-state index contributed by atoms with van der Waals surface area (Å²) in [5, 5.41) is 1.99. The van der Waals surface area contributed by atoms with E-state index >= 15 is 0 Å². The molecule has 94 valence electrons. The van der Waals surface area contributed by atoms with Gasteiger partial charge in [0, 0.05) is 22.1 Å². The molecule has 0 saturated heterocycles. The first-order valence-electron chi connectivity index (χ1n) is 4.91. The molecule has 0 aliphatic carbocycles. The van der Waals surface area contributed by atoms with Gasteiger partial charge < -0.3 is 4.57 Å². The van der Waals surface area contributed by atoms with Crippen molar-refractivity contribution < 1.29 is 4.79 Å². The molecule has 18 heavy (non-hydrogen) atoms. The molecule has 0 radical (unpaired) electrons. The molecule has 0 spiro atoms. The van der Waals surface area contributed by atoms with E-state index in [4.69, 9.17) is 5.84 Å². The highest BCUT2D eigenvalue weighted by Crippen LogP contribution is 2.11. The molecule has 8 heteroatoms. The number of halogens is 1. The summed E-state index contributed by atoms with van der Waals surface area (Å²) >= 11 is 4.47. The summed E-state index contributed by atoms with van der Waals surface area (Å²) in [6.07, 6.45) is 1.67. The second-order valence-electron chi connectivity index (χ2n) is 3.43. The van der Waals surface area contributed by atoms with Crippen molar-refractivity contribution >= 4 is 33.2 Å². The average Bonchev–Trinajstić information content (AvgIpc) is 2.81. The Morgan fingerprint density at radius 1 is 1.56 bits per heavy atom. The number of carbonyl (C=O) groups excluding carboxylic acids is 1. The first kappa shape index (κ1) is 12.9. The van der Waals surface area contributed by atoms with Crippen molar-refractivity contribution in [1.82, 2.24) is 15.0 Å². The van der Waals surface area contributed by atoms with Crippen LogP contribution in [0.2, 0.25) is 0 Å². The van der Waals surface area contributed by atoms with Crippen LogP contribution in [0.5, 0.6) is 0 Å². The van der Waals surface area contributed by atoms with Gasteiger partial charge in [-0.15, -0.1) is 11.3 Å². The van der Waals surface area contributed by atoms with E-state index in [0.29, 0.717) is 12.2 Å². The molecular weight excluding hydrogens is 320 g/mol. The number of nitrogens with two attached hydrogens (primary N) is 1. The van der Waals surface area contributed by atoms with Crippen LogP contribution in [0.4, 0.5) is 0 Å². The highest BCUT2D eigenvalue weighted by atomic mass is 79.9. The van der Waals surface area contributed by atoms with Gasteiger partial charge in [-0.05, 0) is 22.0 Å². The van der Waals surface area contributed by atoms with Crippen LogP contribution in [-0.4, -0.2) is 15.5 Å². The van der Waals surface area contributed by atoms with Gasteiger partial charge in [-0.25, -0.2) is 10.8 Å². The first-order valence-corrected chi connectivity index (χ1v) is 6.59. The van der Waals surface area contributed by atoms with Crippen molar-refractivity contribution in [2.24, 2.45) is 5.84 Å². The van der Waals surface area contributed by atoms with Crippen molar-refractivity contribution in [2.75, 3.05) is 0 Å². The minimum Gasteiger partial charge on any atom is -0.308 e. The van der Waals surface area contributed by atoms with Gasteiger partial charge in [-0.2, -0.15) is 0 Å². The Bertz CT molecular complexity index is 637. The number of amides is 1. The lowest BCUT2D eigenvalue weighted by Gasteiger charge is -2.02. The molecule has 2 heterocycles. The van der Waals surface area contributed by atoms with Crippen molar-refractivity contribution in [3.63, 3.8) is 0 Å². The zero-order chi connectivity index (χ0) is 13.1. The summed E-state index contributed by atoms with van der Waals surface area (Å²) in [4.78, 5) is 26.9. The van der Waals surface area contributed by atoms with Gasteiger partial charge in [-0.3, -0.25) is 15.0 Å². The molecule has 2 aromatic rings. The topological polar surface area (TPSA) is 90.0 Å². The van der Waals surface area contributed by atoms with Crippen LogP contribution in [0.25, 0.3) is 0 Å². The van der Waals surface area contributed by atoms with E-state index in [0.717, 1.165) is 4.47 Å². The first-order chi connectivity index (χ1) is 8.60. The van der Waals surface area contributed by atoms with E-state index in [1.54, 1.807) is 17.6 Å². The highest BCUT2D eigenvalue weighted by molar-refractivity contribution is 9.10. The second kappa shape index (κ2) is 5.42. The van der Waals surface area contributed by atoms with Crippen LogP contribution in [0.15, 0.2) is 33.0 Å². The maximum absolute atomic E-state index is 11.6. The number of hydrogen-bond donors (Lipinski definition) is 2. The number of hydrazine groups is 1. The SMILES string of the molecule is NNC(=O)c1nc(Cn2cc(Br)ccc2=O)cs1. The fourth-order valence-corrected chi connectivity index (χ4v) is 2.44. The smallest absolute Gasteiger partial charge is 0.294 e. The number of hydrogen-bond acceptors (Lipinski definition) is 5. The monoisotopic (exact) mass is 328 g/mol. The quantitative estimate of drug-likeness (QED) is 0.493. The number of nitrogens with one attached hydrogen (secondary N) is 1. The predicted molar refractivity (Wildman–Crippen MR) is 71.3 cm³/mol. The molecule has 6 nitrogen and oxygen atoms in total. The summed E-state index contributed by atoms with van der Waals surface area (Å²) in [6, 6.07) is 3.14. The summed E-state index contributed by atoms with van der Waals surface area (Å²) in [5.74, 6) is 4.58. The van der Waals surface area contributed by atoms with Gasteiger partial charge >= 0.3 is 0 Å². The van der Waals surface area contributed by atoms with Crippen molar-refractivity contribution in [3.05, 3.63) is 49.2 Å². The molecule has 0 aliphatic heterocycles. The maximum Gasteiger partial charge on any atom is 0.294 e.